The Hall–Kier alpha value is -1.60. The smallest absolute Gasteiger partial charge is 0.335 e. The summed E-state index contributed by atoms with van der Waals surface area (Å²) >= 11 is 3.25. The molecule has 0 atom stereocenters. The van der Waals surface area contributed by atoms with Gasteiger partial charge in [-0.15, -0.1) is 0 Å². The second kappa shape index (κ2) is 7.42. The first-order valence-corrected chi connectivity index (χ1v) is 7.51. The van der Waals surface area contributed by atoms with Crippen LogP contribution in [-0.4, -0.2) is 36.9 Å². The molecule has 0 saturated carbocycles. The molecule has 1 aliphatic rings. The number of ether oxygens (including phenoxy) is 1. The lowest BCUT2D eigenvalue weighted by Gasteiger charge is -2.22. The molecule has 0 aromatic heterocycles. The normalized spacial score (nSPS) is 15.5. The maximum Gasteiger partial charge on any atom is 0.335 e. The Morgan fingerprint density at radius 1 is 1.33 bits per heavy atom. The largest absolute Gasteiger partial charge is 0.478 e. The van der Waals surface area contributed by atoms with Crippen LogP contribution in [0.5, 0.6) is 0 Å². The summed E-state index contributed by atoms with van der Waals surface area (Å²) in [5.41, 5.74) is 0.694. The standard InChI is InChI=1S/C14H17BrN2O4/c15-11-7-10(13(18)19)1-2-12(11)17-14(20)16-8-9-3-5-21-6-4-9/h1-2,7,9H,3-6,8H2,(H,18,19)(H2,16,17,20). The highest BCUT2D eigenvalue weighted by molar-refractivity contribution is 9.10. The SMILES string of the molecule is O=C(NCC1CCOCC1)Nc1ccc(C(=O)O)cc1Br. The molecule has 7 heteroatoms. The molecular formula is C14H17BrN2O4. The van der Waals surface area contributed by atoms with Crippen LogP contribution in [0.4, 0.5) is 10.5 Å². The van der Waals surface area contributed by atoms with Crippen LogP contribution in [0.1, 0.15) is 23.2 Å². The molecule has 0 spiro atoms. The molecule has 1 aromatic carbocycles. The first-order chi connectivity index (χ1) is 10.1. The summed E-state index contributed by atoms with van der Waals surface area (Å²) in [6.07, 6.45) is 1.91. The molecule has 1 aromatic rings. The van der Waals surface area contributed by atoms with Crippen molar-refractivity contribution in [2.24, 2.45) is 5.92 Å². The number of carboxylic acids is 1. The van der Waals surface area contributed by atoms with Gasteiger partial charge in [0.2, 0.25) is 0 Å². The van der Waals surface area contributed by atoms with E-state index in [0.29, 0.717) is 22.6 Å². The first kappa shape index (κ1) is 15.8. The minimum Gasteiger partial charge on any atom is -0.478 e. The Morgan fingerprint density at radius 3 is 2.67 bits per heavy atom. The highest BCUT2D eigenvalue weighted by Gasteiger charge is 2.15. The number of amides is 2. The third kappa shape index (κ3) is 4.71. The van der Waals surface area contributed by atoms with Gasteiger partial charge in [0.05, 0.1) is 11.3 Å². The van der Waals surface area contributed by atoms with Crippen LogP contribution < -0.4 is 10.6 Å². The van der Waals surface area contributed by atoms with Crippen molar-refractivity contribution in [3.8, 4) is 0 Å². The molecule has 1 heterocycles. The maximum absolute atomic E-state index is 11.8. The van der Waals surface area contributed by atoms with E-state index >= 15 is 0 Å². The van der Waals surface area contributed by atoms with Crippen LogP contribution in [-0.2, 0) is 4.74 Å². The van der Waals surface area contributed by atoms with Crippen LogP contribution in [0.25, 0.3) is 0 Å². The van der Waals surface area contributed by atoms with Crippen molar-refractivity contribution in [1.29, 1.82) is 0 Å². The molecule has 1 fully saturated rings. The Labute approximate surface area is 131 Å². The summed E-state index contributed by atoms with van der Waals surface area (Å²) < 4.78 is 5.80. The fraction of sp³-hybridized carbons (Fsp3) is 0.429. The number of nitrogens with one attached hydrogen (secondary N) is 2. The van der Waals surface area contributed by atoms with E-state index in [-0.39, 0.29) is 11.6 Å². The fourth-order valence-electron chi connectivity index (χ4n) is 2.10. The summed E-state index contributed by atoms with van der Waals surface area (Å²) in [7, 11) is 0. The predicted octanol–water partition coefficient (Wildman–Crippen LogP) is 2.70. The summed E-state index contributed by atoms with van der Waals surface area (Å²) in [4.78, 5) is 22.7. The average molecular weight is 357 g/mol. The van der Waals surface area contributed by atoms with Crippen molar-refractivity contribution in [1.82, 2.24) is 5.32 Å². The molecule has 2 rings (SSSR count). The number of hydrogen-bond acceptors (Lipinski definition) is 3. The van der Waals surface area contributed by atoms with Crippen LogP contribution in [0.2, 0.25) is 0 Å². The van der Waals surface area contributed by atoms with Crippen molar-refractivity contribution in [3.05, 3.63) is 28.2 Å². The highest BCUT2D eigenvalue weighted by Crippen LogP contribution is 2.23. The highest BCUT2D eigenvalue weighted by atomic mass is 79.9. The molecule has 1 saturated heterocycles. The van der Waals surface area contributed by atoms with Gasteiger partial charge in [0.25, 0.3) is 0 Å². The molecule has 2 amide bonds. The lowest BCUT2D eigenvalue weighted by Crippen LogP contribution is -2.35. The third-order valence-electron chi connectivity index (χ3n) is 3.36. The minimum absolute atomic E-state index is 0.162. The number of carbonyl (C=O) groups excluding carboxylic acids is 1. The topological polar surface area (TPSA) is 87.7 Å². The summed E-state index contributed by atoms with van der Waals surface area (Å²) in [6, 6.07) is 4.16. The van der Waals surface area contributed by atoms with E-state index in [2.05, 4.69) is 26.6 Å². The molecule has 1 aliphatic heterocycles. The number of halogens is 1. The molecule has 0 radical (unpaired) electrons. The molecule has 0 aliphatic carbocycles. The second-order valence-electron chi connectivity index (χ2n) is 4.89. The first-order valence-electron chi connectivity index (χ1n) is 6.71. The zero-order chi connectivity index (χ0) is 15.2. The zero-order valence-corrected chi connectivity index (χ0v) is 13.0. The number of rotatable bonds is 4. The van der Waals surface area contributed by atoms with Gasteiger partial charge in [-0.25, -0.2) is 9.59 Å². The van der Waals surface area contributed by atoms with E-state index in [0.717, 1.165) is 26.1 Å². The number of urea groups is 1. The predicted molar refractivity (Wildman–Crippen MR) is 81.7 cm³/mol. The quantitative estimate of drug-likeness (QED) is 0.773. The van der Waals surface area contributed by atoms with Crippen LogP contribution >= 0.6 is 15.9 Å². The monoisotopic (exact) mass is 356 g/mol. The van der Waals surface area contributed by atoms with Gasteiger partial charge >= 0.3 is 12.0 Å². The van der Waals surface area contributed by atoms with Gasteiger partial charge in [-0.3, -0.25) is 0 Å². The molecule has 21 heavy (non-hydrogen) atoms. The molecular weight excluding hydrogens is 340 g/mol. The third-order valence-corrected chi connectivity index (χ3v) is 4.01. The molecule has 6 nitrogen and oxygen atoms in total. The molecule has 3 N–H and O–H groups in total. The van der Waals surface area contributed by atoms with Gasteiger partial charge in [0.15, 0.2) is 0 Å². The summed E-state index contributed by atoms with van der Waals surface area (Å²) in [5.74, 6) is -0.562. The number of carboxylic acid groups (broad SMARTS) is 1. The van der Waals surface area contributed by atoms with Crippen molar-refractivity contribution < 1.29 is 19.4 Å². The Bertz CT molecular complexity index is 530. The van der Waals surface area contributed by atoms with Gasteiger partial charge in [-0.05, 0) is 52.9 Å². The van der Waals surface area contributed by atoms with Gasteiger partial charge < -0.3 is 20.5 Å². The van der Waals surface area contributed by atoms with Crippen molar-refractivity contribution >= 4 is 33.6 Å². The van der Waals surface area contributed by atoms with Gasteiger partial charge in [0, 0.05) is 24.2 Å². The summed E-state index contributed by atoms with van der Waals surface area (Å²) in [5, 5.41) is 14.4. The fourth-order valence-corrected chi connectivity index (χ4v) is 2.58. The van der Waals surface area contributed by atoms with E-state index < -0.39 is 5.97 Å². The van der Waals surface area contributed by atoms with E-state index in [9.17, 15) is 9.59 Å². The van der Waals surface area contributed by atoms with E-state index in [1.807, 2.05) is 0 Å². The Morgan fingerprint density at radius 2 is 2.05 bits per heavy atom. The number of benzene rings is 1. The van der Waals surface area contributed by atoms with Crippen molar-refractivity contribution in [3.63, 3.8) is 0 Å². The van der Waals surface area contributed by atoms with Crippen molar-refractivity contribution in [2.45, 2.75) is 12.8 Å². The van der Waals surface area contributed by atoms with Gasteiger partial charge in [0.1, 0.15) is 0 Å². The van der Waals surface area contributed by atoms with Crippen LogP contribution in [0, 0.1) is 5.92 Å². The zero-order valence-electron chi connectivity index (χ0n) is 11.4. The number of hydrogen-bond donors (Lipinski definition) is 3. The maximum atomic E-state index is 11.8. The van der Waals surface area contributed by atoms with Gasteiger partial charge in [-0.2, -0.15) is 0 Å². The Balaban J connectivity index is 1.85. The minimum atomic E-state index is -1.01. The Kier molecular flexibility index (Phi) is 5.58. The number of carbonyl (C=O) groups is 2. The molecule has 114 valence electrons. The average Bonchev–Trinajstić information content (AvgIpc) is 2.48. The molecule has 0 unspecified atom stereocenters. The van der Waals surface area contributed by atoms with E-state index in [4.69, 9.17) is 9.84 Å². The second-order valence-corrected chi connectivity index (χ2v) is 5.74. The van der Waals surface area contributed by atoms with E-state index in [1.165, 1.54) is 12.1 Å². The lowest BCUT2D eigenvalue weighted by molar-refractivity contribution is 0.0670. The number of anilines is 1. The number of aromatic carboxylic acids is 1. The van der Waals surface area contributed by atoms with Gasteiger partial charge in [-0.1, -0.05) is 0 Å². The summed E-state index contributed by atoms with van der Waals surface area (Å²) in [6.45, 7) is 2.10. The van der Waals surface area contributed by atoms with Crippen LogP contribution in [0.15, 0.2) is 22.7 Å². The van der Waals surface area contributed by atoms with Crippen molar-refractivity contribution in [2.75, 3.05) is 25.1 Å². The van der Waals surface area contributed by atoms with E-state index in [1.54, 1.807) is 6.07 Å². The molecule has 0 bridgehead atoms. The van der Waals surface area contributed by atoms with Crippen LogP contribution in [0.3, 0.4) is 0 Å². The lowest BCUT2D eigenvalue weighted by atomic mass is 10.0.